The minimum Gasteiger partial charge on any atom is -0.481 e. The van der Waals surface area contributed by atoms with Crippen LogP contribution in [-0.4, -0.2) is 28.7 Å². The zero-order valence-corrected chi connectivity index (χ0v) is 11.7. The van der Waals surface area contributed by atoms with Gasteiger partial charge in [-0.2, -0.15) is 9.97 Å². The van der Waals surface area contributed by atoms with Crippen LogP contribution >= 0.6 is 0 Å². The Bertz CT molecular complexity index is 843. The van der Waals surface area contributed by atoms with Crippen molar-refractivity contribution in [2.24, 2.45) is 0 Å². The lowest BCUT2D eigenvalue weighted by Gasteiger charge is -2.12. The van der Waals surface area contributed by atoms with E-state index in [1.165, 1.54) is 4.57 Å². The van der Waals surface area contributed by atoms with Gasteiger partial charge in [0.25, 0.3) is 0 Å². The molecule has 2 aromatic heterocycles. The van der Waals surface area contributed by atoms with Gasteiger partial charge in [-0.05, 0) is 18.2 Å². The molecule has 1 N–H and O–H groups in total. The minimum absolute atomic E-state index is 0.390. The first-order valence-electron chi connectivity index (χ1n) is 6.45. The highest BCUT2D eigenvalue weighted by molar-refractivity contribution is 5.87. The summed E-state index contributed by atoms with van der Waals surface area (Å²) in [4.78, 5) is 20.8. The summed E-state index contributed by atoms with van der Waals surface area (Å²) in [6.07, 6.45) is 0. The average Bonchev–Trinajstić information content (AvgIpc) is 2.54. The Morgan fingerprint density at radius 3 is 2.52 bits per heavy atom. The van der Waals surface area contributed by atoms with Crippen molar-refractivity contribution in [1.82, 2.24) is 14.5 Å². The highest BCUT2D eigenvalue weighted by Gasteiger charge is 2.13. The van der Waals surface area contributed by atoms with Gasteiger partial charge in [-0.25, -0.2) is 9.36 Å². The summed E-state index contributed by atoms with van der Waals surface area (Å²) in [5.74, 6) is 0.942. The van der Waals surface area contributed by atoms with E-state index < -0.39 is 0 Å². The van der Waals surface area contributed by atoms with Gasteiger partial charge in [-0.15, -0.1) is 0 Å². The number of fused-ring (bicyclic) bond motifs is 1. The van der Waals surface area contributed by atoms with E-state index in [-0.39, 0.29) is 5.69 Å². The molecule has 0 aliphatic rings. The maximum absolute atomic E-state index is 12.3. The molecule has 0 spiro atoms. The van der Waals surface area contributed by atoms with E-state index in [0.29, 0.717) is 23.0 Å². The van der Waals surface area contributed by atoms with Crippen LogP contribution in [0.25, 0.3) is 16.7 Å². The third kappa shape index (κ3) is 2.20. The number of nitrogens with one attached hydrogen (secondary N) is 1. The van der Waals surface area contributed by atoms with Crippen molar-refractivity contribution in [3.05, 3.63) is 52.9 Å². The third-order valence-electron chi connectivity index (χ3n) is 3.18. The van der Waals surface area contributed by atoms with Crippen LogP contribution in [-0.2, 0) is 0 Å². The standard InChI is InChI=1S/C15H14N4O2/c1-16-13-11-8-9-12(21-2)17-14(11)19(15(20)18-13)10-6-4-3-5-7-10/h3-9H,1-2H3,(H,16,18,20). The molecule has 0 unspecified atom stereocenters. The summed E-state index contributed by atoms with van der Waals surface area (Å²) in [6.45, 7) is 0. The second-order valence-corrected chi connectivity index (χ2v) is 4.39. The van der Waals surface area contributed by atoms with E-state index in [4.69, 9.17) is 4.74 Å². The molecular formula is C15H14N4O2. The molecule has 6 heteroatoms. The van der Waals surface area contributed by atoms with Crippen molar-refractivity contribution in [3.8, 4) is 11.6 Å². The number of benzene rings is 1. The molecular weight excluding hydrogens is 268 g/mol. The molecule has 3 aromatic rings. The van der Waals surface area contributed by atoms with Crippen LogP contribution in [0.4, 0.5) is 5.82 Å². The number of ether oxygens (including phenoxy) is 1. The van der Waals surface area contributed by atoms with Crippen molar-refractivity contribution < 1.29 is 4.74 Å². The number of nitrogens with zero attached hydrogens (tertiary/aromatic N) is 3. The van der Waals surface area contributed by atoms with E-state index in [1.54, 1.807) is 20.2 Å². The fraction of sp³-hybridized carbons (Fsp3) is 0.133. The van der Waals surface area contributed by atoms with Crippen LogP contribution in [0.2, 0.25) is 0 Å². The zero-order valence-electron chi connectivity index (χ0n) is 11.7. The number of hydrogen-bond donors (Lipinski definition) is 1. The molecule has 1 aromatic carbocycles. The Balaban J connectivity index is 2.43. The molecule has 0 bridgehead atoms. The normalized spacial score (nSPS) is 10.6. The fourth-order valence-corrected chi connectivity index (χ4v) is 2.20. The summed E-state index contributed by atoms with van der Waals surface area (Å²) >= 11 is 0. The van der Waals surface area contributed by atoms with Gasteiger partial charge >= 0.3 is 5.69 Å². The predicted octanol–water partition coefficient (Wildman–Crippen LogP) is 1.83. The first kappa shape index (κ1) is 13.1. The van der Waals surface area contributed by atoms with E-state index in [9.17, 15) is 4.79 Å². The summed E-state index contributed by atoms with van der Waals surface area (Å²) in [5, 5.41) is 3.67. The van der Waals surface area contributed by atoms with Gasteiger partial charge < -0.3 is 10.1 Å². The average molecular weight is 282 g/mol. The molecule has 0 saturated carbocycles. The van der Waals surface area contributed by atoms with Gasteiger partial charge in [-0.1, -0.05) is 18.2 Å². The molecule has 0 fully saturated rings. The van der Waals surface area contributed by atoms with Gasteiger partial charge in [0.1, 0.15) is 5.82 Å². The van der Waals surface area contributed by atoms with E-state index in [0.717, 1.165) is 5.39 Å². The smallest absolute Gasteiger partial charge is 0.355 e. The Morgan fingerprint density at radius 2 is 1.86 bits per heavy atom. The molecule has 21 heavy (non-hydrogen) atoms. The number of methoxy groups -OCH3 is 1. The Morgan fingerprint density at radius 1 is 1.10 bits per heavy atom. The lowest BCUT2D eigenvalue weighted by molar-refractivity contribution is 0.399. The first-order chi connectivity index (χ1) is 10.2. The predicted molar refractivity (Wildman–Crippen MR) is 81.2 cm³/mol. The van der Waals surface area contributed by atoms with E-state index in [1.807, 2.05) is 36.4 Å². The number of anilines is 1. The largest absolute Gasteiger partial charge is 0.481 e. The highest BCUT2D eigenvalue weighted by atomic mass is 16.5. The van der Waals surface area contributed by atoms with Crippen molar-refractivity contribution in [3.63, 3.8) is 0 Å². The van der Waals surface area contributed by atoms with Crippen LogP contribution in [0.3, 0.4) is 0 Å². The fourth-order valence-electron chi connectivity index (χ4n) is 2.20. The van der Waals surface area contributed by atoms with Crippen molar-refractivity contribution in [2.75, 3.05) is 19.5 Å². The summed E-state index contributed by atoms with van der Waals surface area (Å²) in [6, 6.07) is 12.9. The monoisotopic (exact) mass is 282 g/mol. The minimum atomic E-state index is -0.390. The van der Waals surface area contributed by atoms with Crippen molar-refractivity contribution in [2.45, 2.75) is 0 Å². The van der Waals surface area contributed by atoms with Crippen molar-refractivity contribution in [1.29, 1.82) is 0 Å². The highest BCUT2D eigenvalue weighted by Crippen LogP contribution is 2.22. The van der Waals surface area contributed by atoms with E-state index in [2.05, 4.69) is 15.3 Å². The second kappa shape index (κ2) is 5.24. The molecule has 0 atom stereocenters. The Labute approximate surface area is 121 Å². The zero-order chi connectivity index (χ0) is 14.8. The Kier molecular flexibility index (Phi) is 3.27. The Hall–Kier alpha value is -2.89. The van der Waals surface area contributed by atoms with Crippen LogP contribution in [0.1, 0.15) is 0 Å². The number of rotatable bonds is 3. The summed E-state index contributed by atoms with van der Waals surface area (Å²) in [5.41, 5.74) is 0.826. The number of hydrogen-bond acceptors (Lipinski definition) is 5. The number of para-hydroxylation sites is 1. The molecule has 0 amide bonds. The molecule has 0 aliphatic carbocycles. The molecule has 106 valence electrons. The third-order valence-corrected chi connectivity index (χ3v) is 3.18. The van der Waals surface area contributed by atoms with Crippen LogP contribution in [0.15, 0.2) is 47.3 Å². The number of aromatic nitrogens is 3. The molecule has 0 saturated heterocycles. The van der Waals surface area contributed by atoms with Crippen LogP contribution in [0.5, 0.6) is 5.88 Å². The van der Waals surface area contributed by atoms with Crippen LogP contribution < -0.4 is 15.7 Å². The first-order valence-corrected chi connectivity index (χ1v) is 6.45. The number of pyridine rings is 1. The lowest BCUT2D eigenvalue weighted by Crippen LogP contribution is -2.23. The van der Waals surface area contributed by atoms with Gasteiger partial charge in [0.2, 0.25) is 5.88 Å². The molecule has 0 radical (unpaired) electrons. The molecule has 0 aliphatic heterocycles. The topological polar surface area (TPSA) is 69.0 Å². The van der Waals surface area contributed by atoms with Gasteiger partial charge in [0.05, 0.1) is 18.2 Å². The summed E-state index contributed by atoms with van der Waals surface area (Å²) < 4.78 is 6.63. The quantitative estimate of drug-likeness (QED) is 0.793. The van der Waals surface area contributed by atoms with Gasteiger partial charge in [0.15, 0.2) is 5.65 Å². The van der Waals surface area contributed by atoms with E-state index >= 15 is 0 Å². The van der Waals surface area contributed by atoms with Crippen LogP contribution in [0, 0.1) is 0 Å². The maximum Gasteiger partial charge on any atom is 0.355 e. The SMILES string of the molecule is CNc1nc(=O)n(-c2ccccc2)c2nc(OC)ccc12. The molecule has 6 nitrogen and oxygen atoms in total. The maximum atomic E-state index is 12.3. The van der Waals surface area contributed by atoms with Crippen molar-refractivity contribution >= 4 is 16.9 Å². The summed E-state index contributed by atoms with van der Waals surface area (Å²) in [7, 11) is 3.26. The van der Waals surface area contributed by atoms with Gasteiger partial charge in [0, 0.05) is 13.1 Å². The van der Waals surface area contributed by atoms with Gasteiger partial charge in [-0.3, -0.25) is 0 Å². The lowest BCUT2D eigenvalue weighted by atomic mass is 10.2. The molecule has 2 heterocycles. The molecule has 3 rings (SSSR count). The second-order valence-electron chi connectivity index (χ2n) is 4.39.